The summed E-state index contributed by atoms with van der Waals surface area (Å²) in [6, 6.07) is 65.5. The molecule has 0 aromatic heterocycles. The van der Waals surface area contributed by atoms with Gasteiger partial charge in [0.25, 0.3) is 0 Å². The molecule has 0 amide bonds. The first-order valence-electron chi connectivity index (χ1n) is 25.8. The van der Waals surface area contributed by atoms with Gasteiger partial charge in [-0.2, -0.15) is 0 Å². The third-order valence-corrected chi connectivity index (χ3v) is 55.8. The summed E-state index contributed by atoms with van der Waals surface area (Å²) in [4.78, 5) is 0. The van der Waals surface area contributed by atoms with Crippen molar-refractivity contribution in [3.05, 3.63) is 259 Å². The van der Waals surface area contributed by atoms with Crippen molar-refractivity contribution in [3.8, 4) is 0 Å². The third kappa shape index (κ3) is 12.9. The van der Waals surface area contributed by atoms with Crippen LogP contribution >= 0.6 is 177 Å². The minimum absolute atomic E-state index is 0.503. The topological polar surface area (TPSA) is 111 Å². The first-order chi connectivity index (χ1) is 41.5. The van der Waals surface area contributed by atoms with Crippen LogP contribution in [0.1, 0.15) is 0 Å². The Kier molecular flexibility index (Phi) is 19.0. The van der Waals surface area contributed by atoms with Crippen LogP contribution < -0.4 is 46.7 Å². The molecule has 6 saturated heterocycles. The second-order valence-electron chi connectivity index (χ2n) is 19.7. The van der Waals surface area contributed by atoms with Crippen molar-refractivity contribution in [1.82, 2.24) is 0 Å². The fourth-order valence-electron chi connectivity index (χ4n) is 9.91. The van der Waals surface area contributed by atoms with E-state index in [2.05, 4.69) is 143 Å². The molecule has 0 atom stereocenters. The summed E-state index contributed by atoms with van der Waals surface area (Å²) in [6.07, 6.45) is 0. The van der Waals surface area contributed by atoms with Crippen molar-refractivity contribution in [3.63, 3.8) is 0 Å². The van der Waals surface area contributed by atoms with Gasteiger partial charge in [-0.25, -0.2) is 0 Å². The molecule has 0 spiro atoms. The van der Waals surface area contributed by atoms with Crippen LogP contribution in [0.4, 0.5) is 0 Å². The molecular weight excluding hydrogens is 1920 g/mol. The van der Waals surface area contributed by atoms with Gasteiger partial charge in [0.05, 0.1) is 0 Å². The highest BCUT2D eigenvalue weighted by molar-refractivity contribution is 9.12. The molecule has 87 heavy (non-hydrogen) atoms. The van der Waals surface area contributed by atoms with Crippen LogP contribution in [-0.4, -0.2) is 76.4 Å². The average molecular weight is 1960 g/mol. The van der Waals surface area contributed by atoms with Gasteiger partial charge < -0.3 is 49.4 Å². The van der Waals surface area contributed by atoms with Gasteiger partial charge in [-0.15, -0.1) is 33.2 Å². The Balaban J connectivity index is 0.000000576. The third-order valence-electron chi connectivity index (χ3n) is 14.0. The lowest BCUT2D eigenvalue weighted by Gasteiger charge is -2.62. The van der Waals surface area contributed by atoms with E-state index in [9.17, 15) is 0 Å². The fraction of sp³-hybridized carbons (Fsp3) is 0. The van der Waals surface area contributed by atoms with Crippen LogP contribution in [0, 0.1) is 0 Å². The Labute approximate surface area is 599 Å². The van der Waals surface area contributed by atoms with Gasteiger partial charge >= 0.3 is 76.4 Å². The highest BCUT2D eigenvalue weighted by Gasteiger charge is 2.86. The Morgan fingerprint density at radius 2 is 0.287 bits per heavy atom. The van der Waals surface area contributed by atoms with Gasteiger partial charge in [-0.1, -0.05) is 253 Å². The molecule has 0 aliphatic carbocycles. The standard InChI is InChI=1S/C48H32Br8O12Si8.C6H4BrCl3Si/c49-33-1-17-41(18-2-33)69-57-70(42-19-3-34(50)4-20-42)60-73(45-25-9-37(53)10-26-45)62-71(58-69,43-21-5-35(51)6-22-43)64-75(47-29-13-39(55)14-30-47)65-72(59-69,44-23-7-36(52)8-24-44)63-74(61-70,46-27-11-38(54)12-28-46)67-76(66-73,68-75)48-31-15-40(56)16-32-48;7-5-1-3-6(4-2-5)11(8,9)10/h1-32H;1-4H. The van der Waals surface area contributed by atoms with Crippen LogP contribution in [0.5, 0.6) is 0 Å². The molecule has 12 nitrogen and oxygen atoms in total. The lowest BCUT2D eigenvalue weighted by atomic mass is 10.4. The fourth-order valence-corrected chi connectivity index (χ4v) is 59.9. The maximum atomic E-state index is 8.23. The maximum absolute atomic E-state index is 8.23. The van der Waals surface area contributed by atoms with E-state index in [0.717, 1.165) is 45.4 Å². The zero-order valence-corrected chi connectivity index (χ0v) is 69.3. The Hall–Kier alpha value is -0.358. The first-order valence-corrected chi connectivity index (χ1v) is 51.8. The van der Waals surface area contributed by atoms with Gasteiger partial charge in [0, 0.05) is 81.7 Å². The number of benzene rings is 9. The van der Waals surface area contributed by atoms with Crippen LogP contribution in [-0.2, 0) is 49.4 Å². The predicted molar refractivity (Wildman–Crippen MR) is 386 cm³/mol. The van der Waals surface area contributed by atoms with Crippen LogP contribution in [0.15, 0.2) is 259 Å². The van der Waals surface area contributed by atoms with Gasteiger partial charge in [0.15, 0.2) is 0 Å². The molecule has 6 fully saturated rings. The molecule has 6 aliphatic rings. The minimum Gasteiger partial charge on any atom is -0.366 e. The van der Waals surface area contributed by atoms with Crippen molar-refractivity contribution in [2.24, 2.45) is 0 Å². The van der Waals surface area contributed by atoms with E-state index >= 15 is 0 Å². The molecule has 0 N–H and O–H groups in total. The summed E-state index contributed by atoms with van der Waals surface area (Å²) in [5, 5.41) is 4.83. The van der Waals surface area contributed by atoms with E-state index in [1.165, 1.54) is 0 Å². The van der Waals surface area contributed by atoms with Crippen LogP contribution in [0.25, 0.3) is 0 Å². The molecule has 8 bridgehead atoms. The van der Waals surface area contributed by atoms with Gasteiger partial charge in [-0.3, -0.25) is 0 Å². The summed E-state index contributed by atoms with van der Waals surface area (Å²) in [6.45, 7) is 0. The molecule has 444 valence electrons. The molecule has 6 heterocycles. The smallest absolute Gasteiger partial charge is 0.366 e. The average Bonchev–Trinajstić information content (AvgIpc) is 0.674. The van der Waals surface area contributed by atoms with E-state index < -0.39 is 76.4 Å². The zero-order valence-electron chi connectivity index (χ0n) is 43.7. The summed E-state index contributed by atoms with van der Waals surface area (Å²) in [5.41, 5.74) is 0. The van der Waals surface area contributed by atoms with Crippen molar-refractivity contribution >= 4 is 300 Å². The van der Waals surface area contributed by atoms with E-state index in [1.54, 1.807) is 0 Å². The van der Waals surface area contributed by atoms with E-state index in [0.29, 0.717) is 41.5 Å². The second-order valence-corrected chi connectivity index (χ2v) is 59.7. The van der Waals surface area contributed by atoms with Crippen molar-refractivity contribution < 1.29 is 49.4 Å². The first kappa shape index (κ1) is 65.3. The highest BCUT2D eigenvalue weighted by Crippen LogP contribution is 2.49. The van der Waals surface area contributed by atoms with Gasteiger partial charge in [-0.05, 0) is 114 Å². The van der Waals surface area contributed by atoms with Crippen LogP contribution in [0.2, 0.25) is 0 Å². The Morgan fingerprint density at radius 3 is 0.391 bits per heavy atom. The number of halogens is 12. The Bertz CT molecular complexity index is 3250. The van der Waals surface area contributed by atoms with E-state index in [-0.39, 0.29) is 0 Å². The van der Waals surface area contributed by atoms with Gasteiger partial charge in [0.2, 0.25) is 0 Å². The minimum atomic E-state index is -4.91. The normalized spacial score (nSPS) is 29.0. The quantitative estimate of drug-likeness (QED) is 0.101. The molecule has 0 saturated carbocycles. The number of hydrogen-bond donors (Lipinski definition) is 0. The lowest BCUT2D eigenvalue weighted by Crippen LogP contribution is -2.96. The molecule has 0 unspecified atom stereocenters. The summed E-state index contributed by atoms with van der Waals surface area (Å²) < 4.78 is 106. The zero-order chi connectivity index (χ0) is 60.8. The summed E-state index contributed by atoms with van der Waals surface area (Å²) in [5.74, 6) is 0. The predicted octanol–water partition coefficient (Wildman–Crippen LogP) is 12.4. The molecule has 6 aliphatic heterocycles. The van der Waals surface area contributed by atoms with Gasteiger partial charge in [0.1, 0.15) is 0 Å². The highest BCUT2D eigenvalue weighted by atomic mass is 79.9. The monoisotopic (exact) mass is 1940 g/mol. The molecule has 15 rings (SSSR count). The molecule has 0 radical (unpaired) electrons. The number of hydrogen-bond acceptors (Lipinski definition) is 12. The van der Waals surface area contributed by atoms with Crippen molar-refractivity contribution in [2.45, 2.75) is 0 Å². The van der Waals surface area contributed by atoms with E-state index in [1.807, 2.05) is 218 Å². The molecule has 33 heteroatoms. The van der Waals surface area contributed by atoms with Crippen molar-refractivity contribution in [1.29, 1.82) is 0 Å². The lowest BCUT2D eigenvalue weighted by molar-refractivity contribution is -0.00297. The summed E-state index contributed by atoms with van der Waals surface area (Å²) >= 11 is 50.2. The largest absolute Gasteiger partial charge is 0.515 e. The SMILES string of the molecule is Brc1ccc([Si]23O[Si]4(c5ccc(Br)cc5)O[Si]5(c6ccc(Br)cc6)O[Si](c6ccc(Br)cc6)(O2)O[Si]2(c6ccc(Br)cc6)O[Si](c6ccc(Br)cc6)(O3)O[Si](c3ccc(Br)cc3)(O4)O[Si](c3ccc(Br)cc3)(O5)O2)cc1.Cl[Si](Cl)(Cl)c1ccc(Br)cc1. The Morgan fingerprint density at radius 1 is 0.184 bits per heavy atom. The second kappa shape index (κ2) is 25.3. The van der Waals surface area contributed by atoms with E-state index in [4.69, 9.17) is 82.6 Å². The van der Waals surface area contributed by atoms with Crippen molar-refractivity contribution in [2.75, 3.05) is 0 Å². The number of rotatable bonds is 9. The molecular formula is C54H36Br9Cl3O12Si9. The van der Waals surface area contributed by atoms with Crippen LogP contribution in [0.3, 0.4) is 0 Å². The molecule has 9 aromatic rings. The molecule has 9 aromatic carbocycles. The summed E-state index contributed by atoms with van der Waals surface area (Å²) in [7, 11) is -39.3. The maximum Gasteiger partial charge on any atom is 0.515 e.